The minimum atomic E-state index is -1.09. The number of aromatic carboxylic acids is 1. The van der Waals surface area contributed by atoms with Crippen LogP contribution in [0.2, 0.25) is 0 Å². The molecule has 25 heavy (non-hydrogen) atoms. The van der Waals surface area contributed by atoms with Crippen LogP contribution in [0.5, 0.6) is 0 Å². The van der Waals surface area contributed by atoms with E-state index in [1.165, 1.54) is 16.7 Å². The van der Waals surface area contributed by atoms with Crippen LogP contribution < -0.4 is 5.32 Å². The molecule has 0 aliphatic carbocycles. The Morgan fingerprint density at radius 1 is 1.32 bits per heavy atom. The number of rotatable bonds is 6. The number of carboxylic acid groups (broad SMARTS) is 1. The number of nitrogens with zero attached hydrogens (tertiary/aromatic N) is 2. The summed E-state index contributed by atoms with van der Waals surface area (Å²) in [5.74, 6) is -1.73. The number of likely N-dealkylation sites (tertiary alicyclic amines) is 1. The molecule has 0 unspecified atom stereocenters. The molecule has 7 nitrogen and oxygen atoms in total. The SMILES string of the molecule is O=C(O)c1csc(CNC(=O)[C@H]2CC(=O)N(Cc3ccccc3)C2)n1. The maximum Gasteiger partial charge on any atom is 0.355 e. The fourth-order valence-electron chi connectivity index (χ4n) is 2.70. The highest BCUT2D eigenvalue weighted by Crippen LogP contribution is 2.20. The standard InChI is InChI=1S/C17H17N3O4S/c21-15-6-12(9-20(15)8-11-4-2-1-3-5-11)16(22)18-7-14-19-13(10-25-14)17(23)24/h1-5,10,12H,6-9H2,(H,18,22)(H,23,24)/t12-/m0/s1. The minimum absolute atomic E-state index is 0.0284. The quantitative estimate of drug-likeness (QED) is 0.814. The topological polar surface area (TPSA) is 99.6 Å². The van der Waals surface area contributed by atoms with Gasteiger partial charge in [-0.2, -0.15) is 0 Å². The van der Waals surface area contributed by atoms with E-state index in [-0.39, 0.29) is 30.5 Å². The number of benzene rings is 1. The van der Waals surface area contributed by atoms with Gasteiger partial charge >= 0.3 is 5.97 Å². The molecule has 1 aromatic heterocycles. The third-order valence-corrected chi connectivity index (χ3v) is 4.84. The molecule has 1 aliphatic heterocycles. The van der Waals surface area contributed by atoms with Crippen LogP contribution in [-0.2, 0) is 22.7 Å². The van der Waals surface area contributed by atoms with Crippen LogP contribution in [0.4, 0.5) is 0 Å². The number of hydrogen-bond acceptors (Lipinski definition) is 5. The van der Waals surface area contributed by atoms with Crippen molar-refractivity contribution in [1.82, 2.24) is 15.2 Å². The Morgan fingerprint density at radius 2 is 2.08 bits per heavy atom. The van der Waals surface area contributed by atoms with Gasteiger partial charge in [0.05, 0.1) is 12.5 Å². The molecular formula is C17H17N3O4S. The third kappa shape index (κ3) is 4.21. The fourth-order valence-corrected chi connectivity index (χ4v) is 3.41. The number of aromatic nitrogens is 1. The van der Waals surface area contributed by atoms with Gasteiger partial charge in [0.2, 0.25) is 11.8 Å². The van der Waals surface area contributed by atoms with Gasteiger partial charge in [0.1, 0.15) is 5.01 Å². The Balaban J connectivity index is 1.52. The van der Waals surface area contributed by atoms with E-state index in [0.717, 1.165) is 5.56 Å². The molecule has 0 saturated carbocycles. The summed E-state index contributed by atoms with van der Waals surface area (Å²) in [6, 6.07) is 9.64. The van der Waals surface area contributed by atoms with Gasteiger partial charge in [-0.1, -0.05) is 30.3 Å². The van der Waals surface area contributed by atoms with Gasteiger partial charge in [0, 0.05) is 24.9 Å². The Kier molecular flexibility index (Phi) is 5.08. The molecule has 1 atom stereocenters. The summed E-state index contributed by atoms with van der Waals surface area (Å²) in [7, 11) is 0. The van der Waals surface area contributed by atoms with Crippen molar-refractivity contribution in [2.24, 2.45) is 5.92 Å². The molecule has 1 saturated heterocycles. The van der Waals surface area contributed by atoms with Crippen molar-refractivity contribution in [3.8, 4) is 0 Å². The molecule has 3 rings (SSSR count). The summed E-state index contributed by atoms with van der Waals surface area (Å²) < 4.78 is 0. The molecule has 0 spiro atoms. The Bertz CT molecular complexity index is 790. The molecule has 0 radical (unpaired) electrons. The molecule has 1 aliphatic rings. The van der Waals surface area contributed by atoms with E-state index >= 15 is 0 Å². The van der Waals surface area contributed by atoms with Crippen LogP contribution >= 0.6 is 11.3 Å². The Hall–Kier alpha value is -2.74. The predicted octanol–water partition coefficient (Wildman–Crippen LogP) is 1.51. The average Bonchev–Trinajstić information content (AvgIpc) is 3.21. The molecule has 1 aromatic carbocycles. The lowest BCUT2D eigenvalue weighted by Crippen LogP contribution is -2.32. The second kappa shape index (κ2) is 7.43. The lowest BCUT2D eigenvalue weighted by Gasteiger charge is -2.16. The number of carboxylic acids is 1. The van der Waals surface area contributed by atoms with Gasteiger partial charge in [0.25, 0.3) is 0 Å². The number of hydrogen-bond donors (Lipinski definition) is 2. The van der Waals surface area contributed by atoms with Crippen LogP contribution in [0.15, 0.2) is 35.7 Å². The first-order valence-corrected chi connectivity index (χ1v) is 8.68. The summed E-state index contributed by atoms with van der Waals surface area (Å²) in [6.07, 6.45) is 0.191. The van der Waals surface area contributed by atoms with Crippen molar-refractivity contribution in [1.29, 1.82) is 0 Å². The molecule has 2 amide bonds. The minimum Gasteiger partial charge on any atom is -0.476 e. The van der Waals surface area contributed by atoms with E-state index in [4.69, 9.17) is 5.11 Å². The monoisotopic (exact) mass is 359 g/mol. The Morgan fingerprint density at radius 3 is 2.76 bits per heavy atom. The number of amides is 2. The summed E-state index contributed by atoms with van der Waals surface area (Å²) in [5.41, 5.74) is 1.00. The van der Waals surface area contributed by atoms with E-state index < -0.39 is 11.9 Å². The normalized spacial score (nSPS) is 16.9. The highest BCUT2D eigenvalue weighted by atomic mass is 32.1. The second-order valence-electron chi connectivity index (χ2n) is 5.81. The van der Waals surface area contributed by atoms with Gasteiger partial charge in [0.15, 0.2) is 5.69 Å². The second-order valence-corrected chi connectivity index (χ2v) is 6.75. The first-order valence-electron chi connectivity index (χ1n) is 7.80. The van der Waals surface area contributed by atoms with Crippen LogP contribution in [0, 0.1) is 5.92 Å². The van der Waals surface area contributed by atoms with E-state index in [9.17, 15) is 14.4 Å². The highest BCUT2D eigenvalue weighted by Gasteiger charge is 2.34. The lowest BCUT2D eigenvalue weighted by atomic mass is 10.1. The number of carbonyl (C=O) groups is 3. The molecule has 8 heteroatoms. The molecule has 130 valence electrons. The number of thiazole rings is 1. The fraction of sp³-hybridized carbons (Fsp3) is 0.294. The van der Waals surface area contributed by atoms with Crippen molar-refractivity contribution in [3.63, 3.8) is 0 Å². The zero-order chi connectivity index (χ0) is 17.8. The summed E-state index contributed by atoms with van der Waals surface area (Å²) in [4.78, 5) is 40.8. The first-order chi connectivity index (χ1) is 12.0. The third-order valence-electron chi connectivity index (χ3n) is 3.99. The summed E-state index contributed by atoms with van der Waals surface area (Å²) >= 11 is 1.18. The van der Waals surface area contributed by atoms with Crippen LogP contribution in [0.3, 0.4) is 0 Å². The highest BCUT2D eigenvalue weighted by molar-refractivity contribution is 7.09. The van der Waals surface area contributed by atoms with Gasteiger partial charge < -0.3 is 15.3 Å². The van der Waals surface area contributed by atoms with Crippen molar-refractivity contribution in [2.45, 2.75) is 19.5 Å². The molecule has 2 N–H and O–H groups in total. The van der Waals surface area contributed by atoms with E-state index in [2.05, 4.69) is 10.3 Å². The van der Waals surface area contributed by atoms with E-state index in [1.54, 1.807) is 4.90 Å². The summed E-state index contributed by atoms with van der Waals surface area (Å²) in [6.45, 7) is 1.05. The molecule has 0 bridgehead atoms. The molecule has 1 fully saturated rings. The number of carbonyl (C=O) groups excluding carboxylic acids is 2. The van der Waals surface area contributed by atoms with Gasteiger partial charge in [-0.3, -0.25) is 9.59 Å². The average molecular weight is 359 g/mol. The summed E-state index contributed by atoms with van der Waals surface area (Å²) in [5, 5.41) is 13.5. The molecular weight excluding hydrogens is 342 g/mol. The lowest BCUT2D eigenvalue weighted by molar-refractivity contribution is -0.129. The Labute approximate surface area is 148 Å². The predicted molar refractivity (Wildman–Crippen MR) is 90.9 cm³/mol. The van der Waals surface area contributed by atoms with Crippen molar-refractivity contribution < 1.29 is 19.5 Å². The van der Waals surface area contributed by atoms with Crippen LogP contribution in [0.25, 0.3) is 0 Å². The number of nitrogens with one attached hydrogen (secondary N) is 1. The first kappa shape index (κ1) is 17.1. The van der Waals surface area contributed by atoms with Gasteiger partial charge in [-0.15, -0.1) is 11.3 Å². The zero-order valence-electron chi connectivity index (χ0n) is 13.3. The van der Waals surface area contributed by atoms with Gasteiger partial charge in [-0.05, 0) is 5.56 Å². The van der Waals surface area contributed by atoms with E-state index in [1.807, 2.05) is 30.3 Å². The van der Waals surface area contributed by atoms with Crippen LogP contribution in [-0.4, -0.2) is 39.3 Å². The zero-order valence-corrected chi connectivity index (χ0v) is 14.2. The maximum absolute atomic E-state index is 12.3. The van der Waals surface area contributed by atoms with Crippen molar-refractivity contribution >= 4 is 29.1 Å². The smallest absolute Gasteiger partial charge is 0.355 e. The van der Waals surface area contributed by atoms with E-state index in [0.29, 0.717) is 18.1 Å². The largest absolute Gasteiger partial charge is 0.476 e. The van der Waals surface area contributed by atoms with Crippen molar-refractivity contribution in [2.75, 3.05) is 6.54 Å². The molecule has 2 heterocycles. The van der Waals surface area contributed by atoms with Gasteiger partial charge in [-0.25, -0.2) is 9.78 Å². The molecule has 2 aromatic rings. The van der Waals surface area contributed by atoms with Crippen LogP contribution in [0.1, 0.15) is 27.5 Å². The maximum atomic E-state index is 12.3. The van der Waals surface area contributed by atoms with Crippen molar-refractivity contribution in [3.05, 3.63) is 52.0 Å².